The fraction of sp³-hybridized carbons (Fsp3) is 0.203. The molecule has 1 aromatic heterocycles. The van der Waals surface area contributed by atoms with Crippen molar-refractivity contribution in [2.75, 3.05) is 48.7 Å². The number of aryl methyl sites for hydroxylation is 1. The maximum atomic E-state index is 15.4. The number of terminal acetylenes is 1. The summed E-state index contributed by atoms with van der Waals surface area (Å²) in [5.74, 6) is 183. The van der Waals surface area contributed by atoms with Crippen LogP contribution >= 0.6 is 23.5 Å². The standard InChI is InChI=1S/C75H4.C28H34F2N2O6S.C18H20F2N4OS.CH6N2.CH4.H2O4S/c1-3-5-7-9-11-13-15-17-19-21-23-25-27-29-31-33-35-37-39-41-43-45-47-49-51-53-55-57-59-61-63-65-67-69-71-73-75-74-72-70-68-66-64-62-60-58-56-54-52-50-48-46-44-42-40-38-36-34-32-30-28-26-24-22-20-18-16-14-12-10-8-6-4-2;1-16-20-14-22(23(25(34-2)35-3)26(36-4)37-5)38-15-28(20,19-12-11-18(29)13-21(19)30)32-27(39-16)31-24(33)17-9-7-6-8-10-17;1-10-14-6-16(11-7-22-24(2)8-11)25-9-18(14,23-17(21)26-10)13-4-3-12(19)5-15(13)20;1-3-2;;1-5(2,3)4/h1H,2H3;6-13,16,20,22-23,25-26H,14-15H2,1-5H3,(H,31,32,33);3-5,7-8,10,14,16H,6,9H2,1-2H3,(H2,21,23);3H,2H2,1H3;1H4;(H2,1,2,3,4)/t;16-,20+,22-,28-;10-,14+,16-,18-;;;/m.11.../s1. The van der Waals surface area contributed by atoms with Crippen LogP contribution in [0.2, 0.25) is 0 Å². The fourth-order valence-electron chi connectivity index (χ4n) is 11.9. The molecule has 714 valence electrons. The Labute approximate surface area is 878 Å². The van der Waals surface area contributed by atoms with Gasteiger partial charge in [0.15, 0.2) is 22.9 Å². The van der Waals surface area contributed by atoms with Crippen LogP contribution in [0, 0.1) is 480 Å². The first-order chi connectivity index (χ1) is 72.0. The summed E-state index contributed by atoms with van der Waals surface area (Å²) in [6, 6.07) is 15.8. The number of aromatic nitrogens is 2. The zero-order chi connectivity index (χ0) is 107. The SMILES string of the molecule is C.C#CC#CC#CC#CC#CC#CC#CC#CC#CC#CC#CC#CC#CC#CC#CC#CC#CC#CC#CC#CC#CC#CC#CC#CC#CC#CC#CC#CC#CC#CC#CC#CC#CC#CC#CC#CC#CC.CNN.COC(OC)C(C(OC)OC)[C@H]1C[C@H]2[C@@H](C)SC(NC(=O)c3ccccc3)=N[C@@]2(c2ccc(F)cc2F)CO1.C[C@H]1SC(N)=N[C@@]2(c3ccc(F)cc3F)CO[C@@H](c3cnn(C)c3)C[C@@H]12.O=S(=O)(O)O. The van der Waals surface area contributed by atoms with Crippen LogP contribution in [0.25, 0.3) is 0 Å². The van der Waals surface area contributed by atoms with Crippen molar-refractivity contribution in [1.29, 1.82) is 0 Å². The largest absolute Gasteiger partial charge is 0.394 e. The third-order valence-electron chi connectivity index (χ3n) is 17.3. The summed E-state index contributed by atoms with van der Waals surface area (Å²) in [7, 11) is 4.94. The Bertz CT molecular complexity index is 8590. The lowest BCUT2D eigenvalue weighted by molar-refractivity contribution is -0.260. The number of ether oxygens (including phenoxy) is 6. The first kappa shape index (κ1) is 122. The second kappa shape index (κ2) is 76.0. The van der Waals surface area contributed by atoms with E-state index in [2.05, 4.69) is 466 Å². The van der Waals surface area contributed by atoms with Crippen molar-refractivity contribution in [2.45, 2.75) is 87.4 Å². The van der Waals surface area contributed by atoms with Crippen molar-refractivity contribution < 1.29 is 68.3 Å². The van der Waals surface area contributed by atoms with Crippen LogP contribution in [0.4, 0.5) is 17.6 Å². The van der Waals surface area contributed by atoms with Crippen molar-refractivity contribution >= 4 is 50.2 Å². The number of carbonyl (C=O) groups excluding carboxylic acids is 1. The summed E-state index contributed by atoms with van der Waals surface area (Å²) in [4.78, 5) is 22.5. The zero-order valence-corrected chi connectivity index (χ0v) is 81.8. The summed E-state index contributed by atoms with van der Waals surface area (Å²) in [5.41, 5.74) is 8.12. The minimum absolute atomic E-state index is 0. The molecule has 3 aromatic carbocycles. The van der Waals surface area contributed by atoms with Gasteiger partial charge >= 0.3 is 10.4 Å². The molecule has 19 nitrogen and oxygen atoms in total. The molecule has 2 saturated heterocycles. The number of methoxy groups -OCH3 is 4. The van der Waals surface area contributed by atoms with Crippen LogP contribution in [0.1, 0.15) is 74.2 Å². The first-order valence-corrected chi connectivity index (χ1v) is 44.5. The molecule has 8 rings (SSSR count). The minimum Gasteiger partial charge on any atom is -0.379 e. The van der Waals surface area contributed by atoms with Crippen molar-refractivity contribution in [2.24, 2.45) is 46.4 Å². The van der Waals surface area contributed by atoms with Gasteiger partial charge in [-0.2, -0.15) is 13.5 Å². The number of amidine groups is 2. The van der Waals surface area contributed by atoms with Crippen LogP contribution in [0.5, 0.6) is 0 Å². The first-order valence-electron chi connectivity index (χ1n) is 41.3. The lowest BCUT2D eigenvalue weighted by Gasteiger charge is -2.51. The van der Waals surface area contributed by atoms with E-state index in [1.165, 1.54) is 76.2 Å². The maximum absolute atomic E-state index is 15.4. The van der Waals surface area contributed by atoms with Crippen LogP contribution in [0.3, 0.4) is 0 Å². The molecule has 149 heavy (non-hydrogen) atoms. The molecular weight excluding hydrogens is 1940 g/mol. The Hall–Kier alpha value is -20.8. The van der Waals surface area contributed by atoms with Gasteiger partial charge < -0.3 is 39.5 Å². The zero-order valence-electron chi connectivity index (χ0n) is 79.4. The van der Waals surface area contributed by atoms with Gasteiger partial charge in [0.25, 0.3) is 5.91 Å². The second-order valence-electron chi connectivity index (χ2n) is 26.5. The predicted octanol–water partition coefficient (Wildman–Crippen LogP) is 7.29. The number of halogens is 4. The molecule has 8 atom stereocenters. The van der Waals surface area contributed by atoms with Gasteiger partial charge in [0.1, 0.15) is 34.3 Å². The van der Waals surface area contributed by atoms with E-state index in [1.807, 2.05) is 26.2 Å². The van der Waals surface area contributed by atoms with Gasteiger partial charge in [0.05, 0.1) is 37.5 Å². The number of thioether (sulfide) groups is 2. The number of nitrogens with two attached hydrogens (primary N) is 2. The number of nitrogens with zero attached hydrogens (tertiary/aromatic N) is 4. The molecule has 0 aliphatic carbocycles. The van der Waals surface area contributed by atoms with Crippen molar-refractivity contribution in [3.8, 4) is 439 Å². The van der Waals surface area contributed by atoms with E-state index in [4.69, 9.17) is 63.1 Å². The van der Waals surface area contributed by atoms with Gasteiger partial charge in [-0.25, -0.2) is 27.5 Å². The smallest absolute Gasteiger partial charge is 0.379 e. The van der Waals surface area contributed by atoms with Crippen LogP contribution in [-0.2, 0) is 56.9 Å². The quantitative estimate of drug-likeness (QED) is 0.0215. The van der Waals surface area contributed by atoms with E-state index in [0.717, 1.165) is 17.7 Å². The number of amides is 1. The number of nitrogens with one attached hydrogen (secondary N) is 2. The maximum Gasteiger partial charge on any atom is 0.394 e. The predicted molar refractivity (Wildman–Crippen MR) is 569 cm³/mol. The summed E-state index contributed by atoms with van der Waals surface area (Å²) in [6.07, 6.45) is 7.74. The number of hydrazine groups is 1. The number of hydrogen-bond donors (Lipinski definition) is 6. The van der Waals surface area contributed by atoms with Gasteiger partial charge in [-0.3, -0.25) is 29.9 Å². The van der Waals surface area contributed by atoms with Crippen molar-refractivity contribution in [3.63, 3.8) is 0 Å². The van der Waals surface area contributed by atoms with Gasteiger partial charge in [-0.1, -0.05) is 81.1 Å². The van der Waals surface area contributed by atoms with E-state index in [-0.39, 0.29) is 60.6 Å². The highest BCUT2D eigenvalue weighted by Crippen LogP contribution is 2.54. The highest BCUT2D eigenvalue weighted by molar-refractivity contribution is 8.14. The summed E-state index contributed by atoms with van der Waals surface area (Å²) >= 11 is 2.88. The Morgan fingerprint density at radius 1 is 0.456 bits per heavy atom. The van der Waals surface area contributed by atoms with Gasteiger partial charge in [-0.05, 0) is 146 Å². The number of carbonyl (C=O) groups is 1. The Morgan fingerprint density at radius 2 is 0.732 bits per heavy atom. The van der Waals surface area contributed by atoms with Crippen LogP contribution in [-0.4, -0.2) is 121 Å². The molecule has 4 aliphatic rings. The number of benzene rings is 3. The summed E-state index contributed by atoms with van der Waals surface area (Å²) < 4.78 is 125. The van der Waals surface area contributed by atoms with Crippen LogP contribution in [0.15, 0.2) is 89.1 Å². The molecule has 8 N–H and O–H groups in total. The third-order valence-corrected chi connectivity index (χ3v) is 19.4. The highest BCUT2D eigenvalue weighted by Gasteiger charge is 2.56. The summed E-state index contributed by atoms with van der Waals surface area (Å²) in [5, 5.41) is 7.82. The topological polar surface area (TPSA) is 266 Å². The van der Waals surface area contributed by atoms with Crippen molar-refractivity contribution in [3.05, 3.63) is 125 Å². The average molecular weight is 2010 g/mol. The monoisotopic (exact) mass is 2010 g/mol. The van der Waals surface area contributed by atoms with E-state index in [9.17, 15) is 18.0 Å². The Kier molecular flexibility index (Phi) is 62.4. The molecule has 0 bridgehead atoms. The van der Waals surface area contributed by atoms with E-state index < -0.39 is 69.3 Å². The van der Waals surface area contributed by atoms with Crippen LogP contribution < -0.4 is 22.3 Å². The van der Waals surface area contributed by atoms with E-state index >= 15 is 4.39 Å². The van der Waals surface area contributed by atoms with E-state index in [0.29, 0.717) is 34.3 Å². The normalized spacial score (nSPS) is 14.5. The van der Waals surface area contributed by atoms with Gasteiger partial charge in [-0.15, -0.1) is 6.42 Å². The molecule has 26 heteroatoms. The molecule has 0 spiro atoms. The number of aliphatic imine (C=N–C) groups is 2. The van der Waals surface area contributed by atoms with Gasteiger partial charge in [0.2, 0.25) is 0 Å². The molecule has 1 amide bonds. The number of fused-ring (bicyclic) bond motifs is 2. The Balaban J connectivity index is 0.000000626. The highest BCUT2D eigenvalue weighted by atomic mass is 32.3. The molecular formula is C123H70F4N8O11S3. The summed E-state index contributed by atoms with van der Waals surface area (Å²) in [6.45, 7) is 5.91. The molecule has 2 fully saturated rings. The third kappa shape index (κ3) is 51.8. The molecule has 0 radical (unpaired) electrons. The Morgan fingerprint density at radius 3 is 1.01 bits per heavy atom. The minimum atomic E-state index is -4.67. The van der Waals surface area contributed by atoms with E-state index in [1.54, 1.807) is 49.1 Å². The lowest BCUT2D eigenvalue weighted by atomic mass is 9.71. The number of hydrogen-bond acceptors (Lipinski definition) is 17. The van der Waals surface area contributed by atoms with Gasteiger partial charge in [0, 0.05) is 430 Å². The molecule has 0 saturated carbocycles. The number of rotatable bonds is 11. The molecule has 4 aliphatic heterocycles. The second-order valence-corrected chi connectivity index (χ2v) is 30.1. The average Bonchev–Trinajstić information content (AvgIpc) is 1.22. The molecule has 4 aromatic rings. The molecule has 5 heterocycles. The fourth-order valence-corrected chi connectivity index (χ4v) is 14.2. The molecule has 0 unspecified atom stereocenters. The lowest BCUT2D eigenvalue weighted by Crippen LogP contribution is -2.57. The van der Waals surface area contributed by atoms with Crippen molar-refractivity contribution in [1.82, 2.24) is 20.5 Å².